The third kappa shape index (κ3) is 5.38. The lowest BCUT2D eigenvalue weighted by molar-refractivity contribution is -0.124. The van der Waals surface area contributed by atoms with Gasteiger partial charge >= 0.3 is 0 Å². The molecule has 1 aromatic carbocycles. The molecule has 118 valence electrons. The lowest BCUT2D eigenvalue weighted by Crippen LogP contribution is -2.44. The van der Waals surface area contributed by atoms with Gasteiger partial charge in [-0.3, -0.25) is 4.79 Å². The molecular formula is C17H28N2O2. The first kappa shape index (κ1) is 17.5. The van der Waals surface area contributed by atoms with Crippen molar-refractivity contribution in [2.24, 2.45) is 0 Å². The van der Waals surface area contributed by atoms with E-state index in [1.54, 1.807) is 0 Å². The summed E-state index contributed by atoms with van der Waals surface area (Å²) in [5.74, 6) is 0.722. The van der Waals surface area contributed by atoms with E-state index < -0.39 is 0 Å². The van der Waals surface area contributed by atoms with Crippen LogP contribution in [0.25, 0.3) is 0 Å². The molecule has 1 aromatic rings. The molecule has 0 heterocycles. The minimum absolute atomic E-state index is 0.0521. The number of rotatable bonds is 7. The molecule has 0 aliphatic carbocycles. The summed E-state index contributed by atoms with van der Waals surface area (Å²) < 4.78 is 5.72. The van der Waals surface area contributed by atoms with Gasteiger partial charge in [-0.15, -0.1) is 0 Å². The molecule has 21 heavy (non-hydrogen) atoms. The van der Waals surface area contributed by atoms with Crippen molar-refractivity contribution in [1.82, 2.24) is 10.6 Å². The monoisotopic (exact) mass is 292 g/mol. The predicted molar refractivity (Wildman–Crippen MR) is 86.7 cm³/mol. The first-order valence-corrected chi connectivity index (χ1v) is 7.47. The normalized spacial score (nSPS) is 11.3. The Bertz CT molecular complexity index is 473. The van der Waals surface area contributed by atoms with Gasteiger partial charge in [0.05, 0.1) is 0 Å². The molecule has 2 N–H and O–H groups in total. The van der Waals surface area contributed by atoms with E-state index >= 15 is 0 Å². The highest BCUT2D eigenvalue weighted by Gasteiger charge is 2.18. The quantitative estimate of drug-likeness (QED) is 0.812. The molecule has 0 aliphatic heterocycles. The van der Waals surface area contributed by atoms with Gasteiger partial charge in [0.2, 0.25) is 0 Å². The van der Waals surface area contributed by atoms with E-state index in [2.05, 4.69) is 29.7 Å². The van der Waals surface area contributed by atoms with Crippen molar-refractivity contribution in [3.05, 3.63) is 28.8 Å². The Morgan fingerprint density at radius 2 is 1.81 bits per heavy atom. The number of carbonyl (C=O) groups excluding carboxylic acids is 1. The molecule has 0 aliphatic rings. The van der Waals surface area contributed by atoms with Crippen molar-refractivity contribution >= 4 is 5.91 Å². The third-order valence-corrected chi connectivity index (χ3v) is 3.61. The van der Waals surface area contributed by atoms with E-state index in [-0.39, 0.29) is 18.1 Å². The number of hydrogen-bond donors (Lipinski definition) is 2. The maximum atomic E-state index is 11.9. The van der Waals surface area contributed by atoms with E-state index in [4.69, 9.17) is 4.74 Å². The second-order valence-electron chi connectivity index (χ2n) is 6.16. The van der Waals surface area contributed by atoms with Gasteiger partial charge in [-0.2, -0.15) is 0 Å². The molecule has 0 aromatic heterocycles. The molecule has 4 heteroatoms. The Labute approximate surface area is 128 Å². The minimum atomic E-state index is -0.193. The molecule has 0 unspecified atom stereocenters. The summed E-state index contributed by atoms with van der Waals surface area (Å²) in [6, 6.07) is 4.18. The lowest BCUT2D eigenvalue weighted by Gasteiger charge is -2.24. The number of ether oxygens (including phenoxy) is 1. The number of benzene rings is 1. The van der Waals surface area contributed by atoms with Crippen LogP contribution in [0.1, 0.15) is 43.9 Å². The zero-order valence-corrected chi connectivity index (χ0v) is 14.1. The molecular weight excluding hydrogens is 264 g/mol. The lowest BCUT2D eigenvalue weighted by atomic mass is 10.0. The van der Waals surface area contributed by atoms with Crippen LogP contribution in [0.4, 0.5) is 0 Å². The van der Waals surface area contributed by atoms with Crippen LogP contribution >= 0.6 is 0 Å². The van der Waals surface area contributed by atoms with Crippen molar-refractivity contribution in [3.63, 3.8) is 0 Å². The molecule has 0 saturated heterocycles. The summed E-state index contributed by atoms with van der Waals surface area (Å²) in [5, 5.41) is 6.11. The van der Waals surface area contributed by atoms with E-state index in [1.807, 2.05) is 34.7 Å². The Morgan fingerprint density at radius 3 is 2.29 bits per heavy atom. The third-order valence-electron chi connectivity index (χ3n) is 3.61. The van der Waals surface area contributed by atoms with Gasteiger partial charge in [0, 0.05) is 12.1 Å². The first-order valence-electron chi connectivity index (χ1n) is 7.47. The highest BCUT2D eigenvalue weighted by molar-refractivity contribution is 5.78. The van der Waals surface area contributed by atoms with Crippen LogP contribution in [0, 0.1) is 13.8 Å². The van der Waals surface area contributed by atoms with Gasteiger partial charge < -0.3 is 15.4 Å². The number of carbonyl (C=O) groups is 1. The van der Waals surface area contributed by atoms with Crippen LogP contribution in [0.15, 0.2) is 12.1 Å². The highest BCUT2D eigenvalue weighted by Crippen LogP contribution is 2.24. The predicted octanol–water partition coefficient (Wildman–Crippen LogP) is 2.71. The summed E-state index contributed by atoms with van der Waals surface area (Å²) in [5.41, 5.74) is 3.14. The maximum absolute atomic E-state index is 11.9. The average molecular weight is 292 g/mol. The number of amides is 1. The minimum Gasteiger partial charge on any atom is -0.483 e. The van der Waals surface area contributed by atoms with E-state index in [0.29, 0.717) is 0 Å². The molecule has 1 amide bonds. The van der Waals surface area contributed by atoms with Crippen LogP contribution in [-0.2, 0) is 11.3 Å². The van der Waals surface area contributed by atoms with Gasteiger partial charge in [0.15, 0.2) is 6.61 Å². The summed E-state index contributed by atoms with van der Waals surface area (Å²) in [7, 11) is 1.93. The van der Waals surface area contributed by atoms with Crippen LogP contribution in [0.2, 0.25) is 0 Å². The van der Waals surface area contributed by atoms with Crippen molar-refractivity contribution in [3.8, 4) is 5.75 Å². The van der Waals surface area contributed by atoms with Gasteiger partial charge in [-0.25, -0.2) is 0 Å². The van der Waals surface area contributed by atoms with Gasteiger partial charge in [0.25, 0.3) is 5.91 Å². The van der Waals surface area contributed by atoms with E-state index in [0.717, 1.165) is 29.8 Å². The Morgan fingerprint density at radius 1 is 1.24 bits per heavy atom. The fraction of sp³-hybridized carbons (Fsp3) is 0.588. The number of hydrogen-bond acceptors (Lipinski definition) is 3. The highest BCUT2D eigenvalue weighted by atomic mass is 16.5. The topological polar surface area (TPSA) is 50.4 Å². The van der Waals surface area contributed by atoms with Gasteiger partial charge in [-0.1, -0.05) is 19.1 Å². The van der Waals surface area contributed by atoms with Crippen molar-refractivity contribution in [2.75, 3.05) is 13.7 Å². The van der Waals surface area contributed by atoms with Crippen molar-refractivity contribution < 1.29 is 9.53 Å². The fourth-order valence-electron chi connectivity index (χ4n) is 2.21. The van der Waals surface area contributed by atoms with Crippen LogP contribution in [0.3, 0.4) is 0 Å². The average Bonchev–Trinajstić information content (AvgIpc) is 2.37. The Kier molecular flexibility index (Phi) is 6.21. The molecule has 1 rings (SSSR count). The summed E-state index contributed by atoms with van der Waals surface area (Å²) >= 11 is 0. The number of nitrogens with one attached hydrogen (secondary N) is 2. The molecule has 0 radical (unpaired) electrons. The molecule has 0 atom stereocenters. The SMILES string of the molecule is CCC(C)(C)NC(=O)COc1c(C)cc(CNC)cc1C. The molecule has 4 nitrogen and oxygen atoms in total. The van der Waals surface area contributed by atoms with Crippen molar-refractivity contribution in [1.29, 1.82) is 0 Å². The largest absolute Gasteiger partial charge is 0.483 e. The second-order valence-corrected chi connectivity index (χ2v) is 6.16. The fourth-order valence-corrected chi connectivity index (χ4v) is 2.21. The smallest absolute Gasteiger partial charge is 0.258 e. The zero-order chi connectivity index (χ0) is 16.0. The van der Waals surface area contributed by atoms with Gasteiger partial charge in [-0.05, 0) is 57.9 Å². The summed E-state index contributed by atoms with van der Waals surface area (Å²) in [6.07, 6.45) is 0.884. The zero-order valence-electron chi connectivity index (χ0n) is 14.1. The van der Waals surface area contributed by atoms with Crippen LogP contribution in [0.5, 0.6) is 5.75 Å². The first-order chi connectivity index (χ1) is 9.79. The standard InChI is InChI=1S/C17H28N2O2/c1-7-17(4,5)19-15(20)11-21-16-12(2)8-14(10-18-6)9-13(16)3/h8-9,18H,7,10-11H2,1-6H3,(H,19,20). The molecule has 0 bridgehead atoms. The Balaban J connectivity index is 2.69. The van der Waals surface area contributed by atoms with Crippen LogP contribution < -0.4 is 15.4 Å². The molecule has 0 saturated carbocycles. The van der Waals surface area contributed by atoms with Crippen molar-refractivity contribution in [2.45, 2.75) is 53.1 Å². The summed E-state index contributed by atoms with van der Waals surface area (Å²) in [4.78, 5) is 11.9. The second kappa shape index (κ2) is 7.46. The molecule has 0 spiro atoms. The maximum Gasteiger partial charge on any atom is 0.258 e. The van der Waals surface area contributed by atoms with E-state index in [9.17, 15) is 4.79 Å². The van der Waals surface area contributed by atoms with Crippen LogP contribution in [-0.4, -0.2) is 25.1 Å². The number of aryl methyl sites for hydroxylation is 2. The van der Waals surface area contributed by atoms with Gasteiger partial charge in [0.1, 0.15) is 5.75 Å². The summed E-state index contributed by atoms with van der Waals surface area (Å²) in [6.45, 7) is 11.0. The molecule has 0 fully saturated rings. The Hall–Kier alpha value is -1.55. The van der Waals surface area contributed by atoms with E-state index in [1.165, 1.54) is 5.56 Å².